The number of anilines is 1. The van der Waals surface area contributed by atoms with Crippen LogP contribution in [0.15, 0.2) is 18.2 Å². The number of nitrogens with two attached hydrogens (primary N) is 1. The van der Waals surface area contributed by atoms with E-state index in [9.17, 15) is 4.79 Å². The second-order valence-corrected chi connectivity index (χ2v) is 4.15. The average molecular weight is 250 g/mol. The average Bonchev–Trinajstić information content (AvgIpc) is 2.37. The molecule has 0 aliphatic carbocycles. The van der Waals surface area contributed by atoms with Crippen LogP contribution in [0, 0.1) is 0 Å². The molecule has 1 amide bonds. The molecule has 0 aliphatic rings. The number of unbranched alkanes of at least 4 members (excludes halogenated alkanes) is 2. The van der Waals surface area contributed by atoms with Crippen LogP contribution in [0.5, 0.6) is 5.75 Å². The maximum absolute atomic E-state index is 11.9. The quantitative estimate of drug-likeness (QED) is 0.577. The molecule has 0 spiro atoms. The molecular weight excluding hydrogens is 228 g/mol. The first kappa shape index (κ1) is 14.4. The van der Waals surface area contributed by atoms with Crippen LogP contribution >= 0.6 is 0 Å². The van der Waals surface area contributed by atoms with E-state index >= 15 is 0 Å². The standard InChI is InChI=1S/C14H22N2O2/c1-3-5-6-9-16-14(17)11-7-8-12(15)13(10-11)18-4-2/h7-8,10H,3-6,9,15H2,1-2H3,(H,16,17). The predicted octanol–water partition coefficient (Wildman–Crippen LogP) is 2.59. The Balaban J connectivity index is 2.59. The van der Waals surface area contributed by atoms with E-state index < -0.39 is 0 Å². The number of nitrogen functional groups attached to an aromatic ring is 1. The Labute approximate surface area is 109 Å². The normalized spacial score (nSPS) is 10.1. The Hall–Kier alpha value is -1.71. The van der Waals surface area contributed by atoms with Crippen molar-refractivity contribution in [1.82, 2.24) is 5.32 Å². The highest BCUT2D eigenvalue weighted by Crippen LogP contribution is 2.22. The second kappa shape index (κ2) is 7.58. The largest absolute Gasteiger partial charge is 0.492 e. The number of ether oxygens (including phenoxy) is 1. The minimum Gasteiger partial charge on any atom is -0.492 e. The summed E-state index contributed by atoms with van der Waals surface area (Å²) in [6, 6.07) is 5.10. The first-order chi connectivity index (χ1) is 8.69. The zero-order valence-corrected chi connectivity index (χ0v) is 11.2. The fraction of sp³-hybridized carbons (Fsp3) is 0.500. The van der Waals surface area contributed by atoms with Gasteiger partial charge >= 0.3 is 0 Å². The number of carbonyl (C=O) groups excluding carboxylic acids is 1. The molecule has 0 saturated carbocycles. The van der Waals surface area contributed by atoms with Gasteiger partial charge in [0.15, 0.2) is 0 Å². The lowest BCUT2D eigenvalue weighted by atomic mass is 10.1. The zero-order chi connectivity index (χ0) is 13.4. The molecule has 0 bridgehead atoms. The maximum atomic E-state index is 11.9. The van der Waals surface area contributed by atoms with Crippen LogP contribution in [-0.2, 0) is 0 Å². The number of amides is 1. The monoisotopic (exact) mass is 250 g/mol. The minimum atomic E-state index is -0.0768. The Morgan fingerprint density at radius 2 is 2.11 bits per heavy atom. The first-order valence-corrected chi connectivity index (χ1v) is 6.49. The summed E-state index contributed by atoms with van der Waals surface area (Å²) in [7, 11) is 0. The molecule has 0 unspecified atom stereocenters. The number of hydrogen-bond acceptors (Lipinski definition) is 3. The second-order valence-electron chi connectivity index (χ2n) is 4.15. The molecule has 4 heteroatoms. The van der Waals surface area contributed by atoms with Gasteiger partial charge in [-0.15, -0.1) is 0 Å². The van der Waals surface area contributed by atoms with Crippen molar-refractivity contribution >= 4 is 11.6 Å². The first-order valence-electron chi connectivity index (χ1n) is 6.49. The minimum absolute atomic E-state index is 0.0768. The van der Waals surface area contributed by atoms with Crippen LogP contribution in [0.3, 0.4) is 0 Å². The van der Waals surface area contributed by atoms with E-state index in [1.165, 1.54) is 0 Å². The van der Waals surface area contributed by atoms with Gasteiger partial charge in [-0.05, 0) is 31.5 Å². The Morgan fingerprint density at radius 3 is 2.78 bits per heavy atom. The lowest BCUT2D eigenvalue weighted by Gasteiger charge is -2.09. The van der Waals surface area contributed by atoms with Crippen molar-refractivity contribution in [3.63, 3.8) is 0 Å². The van der Waals surface area contributed by atoms with Gasteiger partial charge in [-0.25, -0.2) is 0 Å². The molecule has 4 nitrogen and oxygen atoms in total. The third-order valence-corrected chi connectivity index (χ3v) is 2.64. The smallest absolute Gasteiger partial charge is 0.251 e. The number of hydrogen-bond donors (Lipinski definition) is 2. The molecule has 1 rings (SSSR count). The van der Waals surface area contributed by atoms with Crippen molar-refractivity contribution < 1.29 is 9.53 Å². The number of rotatable bonds is 7. The Kier molecular flexibility index (Phi) is 6.05. The van der Waals surface area contributed by atoms with E-state index in [0.29, 0.717) is 30.2 Å². The predicted molar refractivity (Wildman–Crippen MR) is 73.9 cm³/mol. The van der Waals surface area contributed by atoms with Crippen molar-refractivity contribution in [3.8, 4) is 5.75 Å². The van der Waals surface area contributed by atoms with Crippen molar-refractivity contribution in [2.75, 3.05) is 18.9 Å². The number of benzene rings is 1. The molecule has 0 aliphatic heterocycles. The molecule has 0 fully saturated rings. The lowest BCUT2D eigenvalue weighted by Crippen LogP contribution is -2.24. The van der Waals surface area contributed by atoms with E-state index in [4.69, 9.17) is 10.5 Å². The molecule has 0 aromatic heterocycles. The fourth-order valence-corrected chi connectivity index (χ4v) is 1.64. The van der Waals surface area contributed by atoms with Crippen molar-refractivity contribution in [1.29, 1.82) is 0 Å². The molecule has 3 N–H and O–H groups in total. The molecule has 0 heterocycles. The molecule has 0 atom stereocenters. The van der Waals surface area contributed by atoms with Crippen LogP contribution < -0.4 is 15.8 Å². The van der Waals surface area contributed by atoms with Gasteiger partial charge in [-0.3, -0.25) is 4.79 Å². The summed E-state index contributed by atoms with van der Waals surface area (Å²) in [5.74, 6) is 0.491. The Bertz CT molecular complexity index is 391. The van der Waals surface area contributed by atoms with Gasteiger partial charge in [0.2, 0.25) is 0 Å². The van der Waals surface area contributed by atoms with E-state index in [1.807, 2.05) is 6.92 Å². The maximum Gasteiger partial charge on any atom is 0.251 e. The molecule has 0 saturated heterocycles. The highest BCUT2D eigenvalue weighted by Gasteiger charge is 2.08. The molecule has 100 valence electrons. The van der Waals surface area contributed by atoms with E-state index in [2.05, 4.69) is 12.2 Å². The third-order valence-electron chi connectivity index (χ3n) is 2.64. The van der Waals surface area contributed by atoms with Gasteiger partial charge in [0, 0.05) is 12.1 Å². The number of nitrogens with one attached hydrogen (secondary N) is 1. The van der Waals surface area contributed by atoms with Gasteiger partial charge in [-0.2, -0.15) is 0 Å². The van der Waals surface area contributed by atoms with Crippen LogP contribution in [0.2, 0.25) is 0 Å². The summed E-state index contributed by atoms with van der Waals surface area (Å²) in [6.45, 7) is 5.26. The topological polar surface area (TPSA) is 64.4 Å². The summed E-state index contributed by atoms with van der Waals surface area (Å²) in [5, 5.41) is 2.89. The zero-order valence-electron chi connectivity index (χ0n) is 11.2. The van der Waals surface area contributed by atoms with Crippen LogP contribution in [-0.4, -0.2) is 19.1 Å². The summed E-state index contributed by atoms with van der Waals surface area (Å²) in [5.41, 5.74) is 6.90. The highest BCUT2D eigenvalue weighted by atomic mass is 16.5. The van der Waals surface area contributed by atoms with Gasteiger partial charge in [0.05, 0.1) is 12.3 Å². The molecule has 0 radical (unpaired) electrons. The molecule has 18 heavy (non-hydrogen) atoms. The van der Waals surface area contributed by atoms with Gasteiger partial charge in [0.1, 0.15) is 5.75 Å². The SMILES string of the molecule is CCCCCNC(=O)c1ccc(N)c(OCC)c1. The van der Waals surface area contributed by atoms with Crippen molar-refractivity contribution in [2.24, 2.45) is 0 Å². The third kappa shape index (κ3) is 4.28. The summed E-state index contributed by atoms with van der Waals surface area (Å²) >= 11 is 0. The summed E-state index contributed by atoms with van der Waals surface area (Å²) in [4.78, 5) is 11.9. The molecule has 1 aromatic carbocycles. The summed E-state index contributed by atoms with van der Waals surface area (Å²) in [6.07, 6.45) is 3.29. The van der Waals surface area contributed by atoms with Gasteiger partial charge in [-0.1, -0.05) is 19.8 Å². The number of carbonyl (C=O) groups is 1. The van der Waals surface area contributed by atoms with Crippen molar-refractivity contribution in [3.05, 3.63) is 23.8 Å². The van der Waals surface area contributed by atoms with Gasteiger partial charge in [0.25, 0.3) is 5.91 Å². The molecular formula is C14H22N2O2. The van der Waals surface area contributed by atoms with E-state index in [0.717, 1.165) is 19.3 Å². The van der Waals surface area contributed by atoms with Crippen LogP contribution in [0.1, 0.15) is 43.5 Å². The Morgan fingerprint density at radius 1 is 1.33 bits per heavy atom. The van der Waals surface area contributed by atoms with Crippen LogP contribution in [0.4, 0.5) is 5.69 Å². The van der Waals surface area contributed by atoms with E-state index in [-0.39, 0.29) is 5.91 Å². The lowest BCUT2D eigenvalue weighted by molar-refractivity contribution is 0.0952. The molecule has 1 aromatic rings. The van der Waals surface area contributed by atoms with Crippen LogP contribution in [0.25, 0.3) is 0 Å². The van der Waals surface area contributed by atoms with E-state index in [1.54, 1.807) is 18.2 Å². The van der Waals surface area contributed by atoms with Gasteiger partial charge < -0.3 is 15.8 Å². The fourth-order valence-electron chi connectivity index (χ4n) is 1.64. The van der Waals surface area contributed by atoms with Crippen molar-refractivity contribution in [2.45, 2.75) is 33.1 Å². The highest BCUT2D eigenvalue weighted by molar-refractivity contribution is 5.95. The summed E-state index contributed by atoms with van der Waals surface area (Å²) < 4.78 is 5.37.